The molecule has 0 aliphatic carbocycles. The van der Waals surface area contributed by atoms with E-state index in [-0.39, 0.29) is 11.9 Å². The molecule has 1 aromatic carbocycles. The number of ether oxygens (including phenoxy) is 2. The Balaban J connectivity index is 2.03. The number of anilines is 1. The van der Waals surface area contributed by atoms with Crippen LogP contribution in [0.25, 0.3) is 0 Å². The molecule has 20 heavy (non-hydrogen) atoms. The fourth-order valence-electron chi connectivity index (χ4n) is 2.20. The predicted molar refractivity (Wildman–Crippen MR) is 81.3 cm³/mol. The molecule has 1 aromatic rings. The van der Waals surface area contributed by atoms with Gasteiger partial charge in [-0.15, -0.1) is 0 Å². The Bertz CT molecular complexity index is 488. The van der Waals surface area contributed by atoms with E-state index in [4.69, 9.17) is 9.47 Å². The molecule has 1 atom stereocenters. The van der Waals surface area contributed by atoms with Crippen LogP contribution in [0.1, 0.15) is 12.0 Å². The van der Waals surface area contributed by atoms with Crippen molar-refractivity contribution in [3.8, 4) is 5.75 Å². The molecule has 0 spiro atoms. The first kappa shape index (κ1) is 15.3. The Morgan fingerprint density at radius 1 is 1.60 bits per heavy atom. The number of amides is 1. The zero-order chi connectivity index (χ0) is 14.5. The van der Waals surface area contributed by atoms with Crippen molar-refractivity contribution < 1.29 is 14.3 Å². The van der Waals surface area contributed by atoms with Gasteiger partial charge in [-0.05, 0) is 24.6 Å². The van der Waals surface area contributed by atoms with E-state index in [9.17, 15) is 4.79 Å². The highest BCUT2D eigenvalue weighted by Crippen LogP contribution is 2.32. The molecule has 1 unspecified atom stereocenters. The van der Waals surface area contributed by atoms with Crippen LogP contribution in [0.5, 0.6) is 5.75 Å². The first-order valence-electron chi connectivity index (χ1n) is 6.55. The second-order valence-corrected chi connectivity index (χ2v) is 5.69. The van der Waals surface area contributed by atoms with Crippen LogP contribution in [0.4, 0.5) is 5.69 Å². The van der Waals surface area contributed by atoms with Gasteiger partial charge in [-0.1, -0.05) is 15.9 Å². The minimum Gasteiger partial charge on any atom is -0.495 e. The molecular formula is C14H19BrN2O3. The van der Waals surface area contributed by atoms with E-state index in [2.05, 4.69) is 26.6 Å². The molecule has 0 saturated carbocycles. The van der Waals surface area contributed by atoms with E-state index in [0.29, 0.717) is 25.4 Å². The van der Waals surface area contributed by atoms with Crippen molar-refractivity contribution in [2.24, 2.45) is 0 Å². The topological polar surface area (TPSA) is 59.6 Å². The number of morpholine rings is 1. The lowest BCUT2D eigenvalue weighted by molar-refractivity contribution is -0.117. The number of methoxy groups -OCH3 is 1. The fourth-order valence-corrected chi connectivity index (χ4v) is 2.75. The van der Waals surface area contributed by atoms with Crippen LogP contribution >= 0.6 is 15.9 Å². The second kappa shape index (κ2) is 7.06. The SMILES string of the molecule is COc1cc(Br)cc(C)c1NC(=O)CC1COCCN1. The van der Waals surface area contributed by atoms with Gasteiger partial charge in [0.15, 0.2) is 0 Å². The highest BCUT2D eigenvalue weighted by molar-refractivity contribution is 9.10. The zero-order valence-corrected chi connectivity index (χ0v) is 13.2. The minimum absolute atomic E-state index is 0.0447. The molecule has 1 aliphatic rings. The van der Waals surface area contributed by atoms with Crippen molar-refractivity contribution >= 4 is 27.5 Å². The Morgan fingerprint density at radius 2 is 2.40 bits per heavy atom. The van der Waals surface area contributed by atoms with Gasteiger partial charge in [0.1, 0.15) is 5.75 Å². The van der Waals surface area contributed by atoms with Crippen molar-refractivity contribution in [3.63, 3.8) is 0 Å². The number of nitrogens with one attached hydrogen (secondary N) is 2. The lowest BCUT2D eigenvalue weighted by atomic mass is 10.1. The Labute approximate surface area is 127 Å². The van der Waals surface area contributed by atoms with Crippen molar-refractivity contribution in [2.75, 3.05) is 32.2 Å². The van der Waals surface area contributed by atoms with Gasteiger partial charge in [-0.25, -0.2) is 0 Å². The molecule has 5 nitrogen and oxygen atoms in total. The maximum atomic E-state index is 12.1. The molecule has 2 N–H and O–H groups in total. The summed E-state index contributed by atoms with van der Waals surface area (Å²) in [5, 5.41) is 6.19. The smallest absolute Gasteiger partial charge is 0.226 e. The Hall–Kier alpha value is -1.11. The summed E-state index contributed by atoms with van der Waals surface area (Å²) >= 11 is 3.41. The monoisotopic (exact) mass is 342 g/mol. The zero-order valence-electron chi connectivity index (χ0n) is 11.7. The van der Waals surface area contributed by atoms with E-state index in [1.54, 1.807) is 7.11 Å². The molecule has 0 aromatic heterocycles. The highest BCUT2D eigenvalue weighted by atomic mass is 79.9. The molecule has 110 valence electrons. The third kappa shape index (κ3) is 3.94. The minimum atomic E-state index is -0.0447. The molecule has 1 aliphatic heterocycles. The number of hydrogen-bond donors (Lipinski definition) is 2. The van der Waals surface area contributed by atoms with E-state index < -0.39 is 0 Å². The lowest BCUT2D eigenvalue weighted by Crippen LogP contribution is -2.43. The van der Waals surface area contributed by atoms with Crippen LogP contribution in [0.3, 0.4) is 0 Å². The van der Waals surface area contributed by atoms with Gasteiger partial charge >= 0.3 is 0 Å². The third-order valence-electron chi connectivity index (χ3n) is 3.18. The van der Waals surface area contributed by atoms with Crippen LogP contribution in [0, 0.1) is 6.92 Å². The summed E-state index contributed by atoms with van der Waals surface area (Å²) in [4.78, 5) is 12.1. The molecule has 2 rings (SSSR count). The number of carbonyl (C=O) groups is 1. The maximum absolute atomic E-state index is 12.1. The standard InChI is InChI=1S/C14H19BrN2O3/c1-9-5-10(15)6-12(19-2)14(9)17-13(18)7-11-8-20-4-3-16-11/h5-6,11,16H,3-4,7-8H2,1-2H3,(H,17,18). The fraction of sp³-hybridized carbons (Fsp3) is 0.500. The van der Waals surface area contributed by atoms with Crippen LogP contribution in [0.15, 0.2) is 16.6 Å². The molecule has 1 fully saturated rings. The van der Waals surface area contributed by atoms with Crippen molar-refractivity contribution in [3.05, 3.63) is 22.2 Å². The quantitative estimate of drug-likeness (QED) is 0.879. The molecule has 0 radical (unpaired) electrons. The Kier molecular flexibility index (Phi) is 5.39. The van der Waals surface area contributed by atoms with Gasteiger partial charge < -0.3 is 20.1 Å². The molecule has 6 heteroatoms. The first-order valence-corrected chi connectivity index (χ1v) is 7.34. The average molecular weight is 343 g/mol. The maximum Gasteiger partial charge on any atom is 0.226 e. The number of hydrogen-bond acceptors (Lipinski definition) is 4. The average Bonchev–Trinajstić information content (AvgIpc) is 2.42. The number of rotatable bonds is 4. The molecule has 0 bridgehead atoms. The summed E-state index contributed by atoms with van der Waals surface area (Å²) in [5.74, 6) is 0.606. The molecule has 1 heterocycles. The molecule has 1 saturated heterocycles. The van der Waals surface area contributed by atoms with E-state index >= 15 is 0 Å². The summed E-state index contributed by atoms with van der Waals surface area (Å²) in [6, 6.07) is 3.86. The van der Waals surface area contributed by atoms with Gasteiger partial charge in [0.25, 0.3) is 0 Å². The summed E-state index contributed by atoms with van der Waals surface area (Å²) in [6.07, 6.45) is 0.388. The second-order valence-electron chi connectivity index (χ2n) is 4.78. The summed E-state index contributed by atoms with van der Waals surface area (Å²) < 4.78 is 11.6. The van der Waals surface area contributed by atoms with Gasteiger partial charge in [0.05, 0.1) is 26.0 Å². The van der Waals surface area contributed by atoms with Crippen molar-refractivity contribution in [1.82, 2.24) is 5.32 Å². The largest absolute Gasteiger partial charge is 0.495 e. The van der Waals surface area contributed by atoms with Crippen molar-refractivity contribution in [2.45, 2.75) is 19.4 Å². The number of halogens is 1. The van der Waals surface area contributed by atoms with Crippen LogP contribution in [-0.2, 0) is 9.53 Å². The summed E-state index contributed by atoms with van der Waals surface area (Å²) in [5.41, 5.74) is 1.68. The normalized spacial score (nSPS) is 18.6. The predicted octanol–water partition coefficient (Wildman–Crippen LogP) is 2.08. The van der Waals surface area contributed by atoms with E-state index in [0.717, 1.165) is 22.3 Å². The van der Waals surface area contributed by atoms with Crippen LogP contribution in [0.2, 0.25) is 0 Å². The molecule has 1 amide bonds. The van der Waals surface area contributed by atoms with E-state index in [1.807, 2.05) is 19.1 Å². The Morgan fingerprint density at radius 3 is 3.05 bits per heavy atom. The van der Waals surface area contributed by atoms with E-state index in [1.165, 1.54) is 0 Å². The van der Waals surface area contributed by atoms with Gasteiger partial charge in [0, 0.05) is 23.5 Å². The molecular weight excluding hydrogens is 324 g/mol. The van der Waals surface area contributed by atoms with Crippen LogP contribution in [-0.4, -0.2) is 38.8 Å². The lowest BCUT2D eigenvalue weighted by Gasteiger charge is -2.23. The first-order chi connectivity index (χ1) is 9.60. The number of carbonyl (C=O) groups excluding carboxylic acids is 1. The van der Waals surface area contributed by atoms with Crippen molar-refractivity contribution in [1.29, 1.82) is 0 Å². The van der Waals surface area contributed by atoms with Gasteiger partial charge in [0.2, 0.25) is 5.91 Å². The number of aryl methyl sites for hydroxylation is 1. The van der Waals surface area contributed by atoms with Gasteiger partial charge in [-0.2, -0.15) is 0 Å². The number of benzene rings is 1. The third-order valence-corrected chi connectivity index (χ3v) is 3.64. The summed E-state index contributed by atoms with van der Waals surface area (Å²) in [7, 11) is 1.59. The van der Waals surface area contributed by atoms with Gasteiger partial charge in [-0.3, -0.25) is 4.79 Å². The highest BCUT2D eigenvalue weighted by Gasteiger charge is 2.18. The summed E-state index contributed by atoms with van der Waals surface area (Å²) in [6.45, 7) is 4.01. The van der Waals surface area contributed by atoms with Crippen LogP contribution < -0.4 is 15.4 Å².